The van der Waals surface area contributed by atoms with Gasteiger partial charge in [-0.05, 0) is 29.7 Å². The van der Waals surface area contributed by atoms with Crippen molar-refractivity contribution in [1.82, 2.24) is 14.5 Å². The van der Waals surface area contributed by atoms with Crippen molar-refractivity contribution in [3.63, 3.8) is 0 Å². The highest BCUT2D eigenvalue weighted by Crippen LogP contribution is 2.35. The smallest absolute Gasteiger partial charge is 0.272 e. The molecule has 114 valence electrons. The summed E-state index contributed by atoms with van der Waals surface area (Å²) in [5, 5.41) is 0. The van der Waals surface area contributed by atoms with Crippen LogP contribution in [0.1, 0.15) is 31.2 Å². The third kappa shape index (κ3) is 2.34. The molecule has 0 saturated carbocycles. The van der Waals surface area contributed by atoms with Gasteiger partial charge in [-0.25, -0.2) is 9.97 Å². The molecule has 1 aromatic carbocycles. The number of hydrogen-bond acceptors (Lipinski definition) is 2. The van der Waals surface area contributed by atoms with E-state index in [2.05, 4.69) is 9.97 Å². The number of aromatic nitrogens is 3. The van der Waals surface area contributed by atoms with Crippen molar-refractivity contribution in [2.24, 2.45) is 0 Å². The third-order valence-electron chi connectivity index (χ3n) is 3.47. The first-order valence-corrected chi connectivity index (χ1v) is 6.89. The summed E-state index contributed by atoms with van der Waals surface area (Å²) in [5.74, 6) is -0.626. The maximum atomic E-state index is 13.4. The molecule has 3 rings (SSSR count). The molecule has 0 unspecified atom stereocenters. The number of hydrogen-bond donors (Lipinski definition) is 0. The number of fused-ring (bicyclic) bond motifs is 1. The van der Waals surface area contributed by atoms with Crippen LogP contribution in [0, 0.1) is 0 Å². The molecule has 3 aromatic rings. The van der Waals surface area contributed by atoms with Gasteiger partial charge in [0.2, 0.25) is 5.82 Å². The standard InChI is InChI=1S/C16H14F3N3/c1-10(2)11-6-5-9-20-14(11)22-13-8-4-3-7-12(13)21-15(22)16(17,18)19/h3-10H,1-2H3. The molecule has 3 nitrogen and oxygen atoms in total. The van der Waals surface area contributed by atoms with E-state index < -0.39 is 12.0 Å². The molecule has 0 aliphatic heterocycles. The molecular weight excluding hydrogens is 291 g/mol. The zero-order valence-electron chi connectivity index (χ0n) is 12.1. The lowest BCUT2D eigenvalue weighted by atomic mass is 10.0. The largest absolute Gasteiger partial charge is 0.450 e. The lowest BCUT2D eigenvalue weighted by Crippen LogP contribution is -2.16. The molecule has 0 amide bonds. The third-order valence-corrected chi connectivity index (χ3v) is 3.47. The summed E-state index contributed by atoms with van der Waals surface area (Å²) in [4.78, 5) is 7.95. The predicted octanol–water partition coefficient (Wildman–Crippen LogP) is 4.56. The van der Waals surface area contributed by atoms with Gasteiger partial charge in [0.1, 0.15) is 5.82 Å². The Morgan fingerprint density at radius 3 is 2.45 bits per heavy atom. The van der Waals surface area contributed by atoms with E-state index in [1.54, 1.807) is 36.4 Å². The lowest BCUT2D eigenvalue weighted by molar-refractivity contribution is -0.145. The second-order valence-electron chi connectivity index (χ2n) is 5.33. The van der Waals surface area contributed by atoms with Crippen molar-refractivity contribution in [1.29, 1.82) is 0 Å². The number of pyridine rings is 1. The van der Waals surface area contributed by atoms with Crippen LogP contribution >= 0.6 is 0 Å². The molecule has 0 atom stereocenters. The van der Waals surface area contributed by atoms with Crippen LogP contribution in [0.4, 0.5) is 13.2 Å². The van der Waals surface area contributed by atoms with E-state index in [-0.39, 0.29) is 11.7 Å². The number of rotatable bonds is 2. The molecule has 0 bridgehead atoms. The maximum Gasteiger partial charge on any atom is 0.450 e. The zero-order chi connectivity index (χ0) is 15.9. The molecular formula is C16H14F3N3. The Balaban J connectivity index is 2.40. The van der Waals surface area contributed by atoms with Gasteiger partial charge in [0.05, 0.1) is 11.0 Å². The second-order valence-corrected chi connectivity index (χ2v) is 5.33. The summed E-state index contributed by atoms with van der Waals surface area (Å²) in [6.07, 6.45) is -3.05. The molecule has 0 fully saturated rings. The van der Waals surface area contributed by atoms with Crippen LogP contribution in [0.25, 0.3) is 16.9 Å². The molecule has 22 heavy (non-hydrogen) atoms. The van der Waals surface area contributed by atoms with Crippen molar-refractivity contribution < 1.29 is 13.2 Å². The maximum absolute atomic E-state index is 13.4. The van der Waals surface area contributed by atoms with E-state index in [4.69, 9.17) is 0 Å². The average molecular weight is 305 g/mol. The summed E-state index contributed by atoms with van der Waals surface area (Å²) in [5.41, 5.74) is 1.45. The first kappa shape index (κ1) is 14.6. The Bertz CT molecular complexity index is 819. The summed E-state index contributed by atoms with van der Waals surface area (Å²) in [6, 6.07) is 10.1. The van der Waals surface area contributed by atoms with E-state index in [0.717, 1.165) is 10.1 Å². The summed E-state index contributed by atoms with van der Waals surface area (Å²) >= 11 is 0. The van der Waals surface area contributed by atoms with Crippen molar-refractivity contribution in [3.05, 3.63) is 54.0 Å². The van der Waals surface area contributed by atoms with E-state index in [1.165, 1.54) is 6.20 Å². The van der Waals surface area contributed by atoms with Crippen molar-refractivity contribution in [2.75, 3.05) is 0 Å². The van der Waals surface area contributed by atoms with Gasteiger partial charge in [-0.2, -0.15) is 13.2 Å². The van der Waals surface area contributed by atoms with Crippen molar-refractivity contribution in [2.45, 2.75) is 25.9 Å². The van der Waals surface area contributed by atoms with Gasteiger partial charge in [-0.1, -0.05) is 32.0 Å². The van der Waals surface area contributed by atoms with Crippen molar-refractivity contribution in [3.8, 4) is 5.82 Å². The predicted molar refractivity (Wildman–Crippen MR) is 78.0 cm³/mol. The normalized spacial score (nSPS) is 12.3. The number of imidazole rings is 1. The highest BCUT2D eigenvalue weighted by atomic mass is 19.4. The van der Waals surface area contributed by atoms with Gasteiger partial charge in [0.15, 0.2) is 0 Å². The number of benzene rings is 1. The van der Waals surface area contributed by atoms with Crippen LogP contribution < -0.4 is 0 Å². The van der Waals surface area contributed by atoms with Crippen molar-refractivity contribution >= 4 is 11.0 Å². The fraction of sp³-hybridized carbons (Fsp3) is 0.250. The number of para-hydroxylation sites is 2. The molecule has 0 radical (unpaired) electrons. The Morgan fingerprint density at radius 2 is 1.77 bits per heavy atom. The fourth-order valence-corrected chi connectivity index (χ4v) is 2.48. The van der Waals surface area contributed by atoms with Crippen LogP contribution in [0.5, 0.6) is 0 Å². The van der Waals surface area contributed by atoms with Crippen LogP contribution in [0.3, 0.4) is 0 Å². The molecule has 0 spiro atoms. The minimum absolute atomic E-state index is 0.0472. The number of nitrogens with zero attached hydrogens (tertiary/aromatic N) is 3. The molecule has 6 heteroatoms. The van der Waals surface area contributed by atoms with E-state index in [0.29, 0.717) is 11.0 Å². The lowest BCUT2D eigenvalue weighted by Gasteiger charge is -2.16. The Hall–Kier alpha value is -2.37. The quantitative estimate of drug-likeness (QED) is 0.694. The van der Waals surface area contributed by atoms with Crippen LogP contribution in [-0.2, 0) is 6.18 Å². The SMILES string of the molecule is CC(C)c1cccnc1-n1c(C(F)(F)F)nc2ccccc21. The minimum Gasteiger partial charge on any atom is -0.272 e. The van der Waals surface area contributed by atoms with Crippen LogP contribution in [0.2, 0.25) is 0 Å². The summed E-state index contributed by atoms with van der Waals surface area (Å²) in [6.45, 7) is 3.85. The van der Waals surface area contributed by atoms with Gasteiger partial charge in [0, 0.05) is 6.20 Å². The average Bonchev–Trinajstić information content (AvgIpc) is 2.86. The van der Waals surface area contributed by atoms with Crippen LogP contribution in [0.15, 0.2) is 42.6 Å². The van der Waals surface area contributed by atoms with Gasteiger partial charge in [0.25, 0.3) is 0 Å². The van der Waals surface area contributed by atoms with Gasteiger partial charge in [-0.3, -0.25) is 4.57 Å². The zero-order valence-corrected chi connectivity index (χ0v) is 12.1. The summed E-state index contributed by atoms with van der Waals surface area (Å²) in [7, 11) is 0. The molecule has 0 N–H and O–H groups in total. The van der Waals surface area contributed by atoms with Crippen LogP contribution in [-0.4, -0.2) is 14.5 Å². The molecule has 0 aliphatic carbocycles. The van der Waals surface area contributed by atoms with E-state index in [1.807, 2.05) is 13.8 Å². The number of halogens is 3. The highest BCUT2D eigenvalue weighted by Gasteiger charge is 2.38. The van der Waals surface area contributed by atoms with E-state index in [9.17, 15) is 13.2 Å². The van der Waals surface area contributed by atoms with Gasteiger partial charge in [-0.15, -0.1) is 0 Å². The molecule has 2 aromatic heterocycles. The highest BCUT2D eigenvalue weighted by molar-refractivity contribution is 5.78. The Labute approximate surface area is 125 Å². The minimum atomic E-state index is -4.55. The topological polar surface area (TPSA) is 30.7 Å². The Morgan fingerprint density at radius 1 is 1.05 bits per heavy atom. The molecule has 0 saturated heterocycles. The fourth-order valence-electron chi connectivity index (χ4n) is 2.48. The number of alkyl halides is 3. The monoisotopic (exact) mass is 305 g/mol. The summed E-state index contributed by atoms with van der Waals surface area (Å²) < 4.78 is 41.3. The Kier molecular flexibility index (Phi) is 3.39. The van der Waals surface area contributed by atoms with Gasteiger partial charge >= 0.3 is 6.18 Å². The first-order valence-electron chi connectivity index (χ1n) is 6.89. The molecule has 2 heterocycles. The molecule has 0 aliphatic rings. The first-order chi connectivity index (χ1) is 10.4. The van der Waals surface area contributed by atoms with E-state index >= 15 is 0 Å². The van der Waals surface area contributed by atoms with Gasteiger partial charge < -0.3 is 0 Å². The second kappa shape index (κ2) is 5.12.